The van der Waals surface area contributed by atoms with E-state index in [0.717, 1.165) is 32.1 Å². The van der Waals surface area contributed by atoms with E-state index in [2.05, 4.69) is 24.3 Å². The summed E-state index contributed by atoms with van der Waals surface area (Å²) in [5.74, 6) is 1.23. The largest absolute Gasteiger partial charge is 0.455 e. The maximum absolute atomic E-state index is 12.2. The summed E-state index contributed by atoms with van der Waals surface area (Å²) in [5.41, 5.74) is -0.346. The standard InChI is InChI=1S/C15H20O2/c1-15(7-3-2-4-8-15)17-14(16)13-10-11-5-6-12(13)9-11/h3,5-7,11-13H,2,4,8-10H2,1H3. The zero-order chi connectivity index (χ0) is 11.9. The fraction of sp³-hybridized carbons (Fsp3) is 0.667. The van der Waals surface area contributed by atoms with Crippen LogP contribution >= 0.6 is 0 Å². The molecule has 0 aromatic rings. The van der Waals surface area contributed by atoms with Crippen LogP contribution in [0.15, 0.2) is 24.3 Å². The molecule has 0 aromatic carbocycles. The highest BCUT2D eigenvalue weighted by atomic mass is 16.6. The number of hydrogen-bond acceptors (Lipinski definition) is 2. The monoisotopic (exact) mass is 232 g/mol. The molecular weight excluding hydrogens is 212 g/mol. The molecule has 2 nitrogen and oxygen atoms in total. The Labute approximate surface area is 103 Å². The molecule has 0 aromatic heterocycles. The van der Waals surface area contributed by atoms with Gasteiger partial charge in [0.2, 0.25) is 0 Å². The molecule has 4 unspecified atom stereocenters. The average Bonchev–Trinajstić information content (AvgIpc) is 2.91. The van der Waals surface area contributed by atoms with E-state index in [9.17, 15) is 4.79 Å². The van der Waals surface area contributed by atoms with Crippen molar-refractivity contribution in [2.24, 2.45) is 17.8 Å². The Morgan fingerprint density at radius 1 is 1.35 bits per heavy atom. The predicted molar refractivity (Wildman–Crippen MR) is 66.3 cm³/mol. The molecule has 0 heterocycles. The first-order valence-electron chi connectivity index (χ1n) is 6.75. The first-order valence-corrected chi connectivity index (χ1v) is 6.75. The van der Waals surface area contributed by atoms with E-state index >= 15 is 0 Å². The lowest BCUT2D eigenvalue weighted by molar-refractivity contribution is -0.160. The fourth-order valence-corrected chi connectivity index (χ4v) is 3.43. The van der Waals surface area contributed by atoms with Crippen molar-refractivity contribution in [2.45, 2.75) is 44.6 Å². The van der Waals surface area contributed by atoms with E-state index in [-0.39, 0.29) is 17.5 Å². The van der Waals surface area contributed by atoms with E-state index in [1.54, 1.807) is 0 Å². The summed E-state index contributed by atoms with van der Waals surface area (Å²) in [5, 5.41) is 0. The molecule has 2 heteroatoms. The van der Waals surface area contributed by atoms with Crippen molar-refractivity contribution >= 4 is 5.97 Å². The molecule has 0 radical (unpaired) electrons. The Hall–Kier alpha value is -1.05. The van der Waals surface area contributed by atoms with Gasteiger partial charge in [0, 0.05) is 0 Å². The zero-order valence-corrected chi connectivity index (χ0v) is 10.4. The Morgan fingerprint density at radius 2 is 2.24 bits per heavy atom. The fourth-order valence-electron chi connectivity index (χ4n) is 3.43. The minimum atomic E-state index is -0.346. The highest BCUT2D eigenvalue weighted by Gasteiger charge is 2.42. The summed E-state index contributed by atoms with van der Waals surface area (Å²) in [6.07, 6.45) is 14.0. The van der Waals surface area contributed by atoms with Gasteiger partial charge >= 0.3 is 5.97 Å². The summed E-state index contributed by atoms with van der Waals surface area (Å²) in [6.45, 7) is 2.03. The second-order valence-electron chi connectivity index (χ2n) is 5.92. The van der Waals surface area contributed by atoms with Crippen LogP contribution in [0.2, 0.25) is 0 Å². The summed E-state index contributed by atoms with van der Waals surface area (Å²) < 4.78 is 5.76. The number of hydrogen-bond donors (Lipinski definition) is 0. The Balaban J connectivity index is 1.65. The number of esters is 1. The maximum Gasteiger partial charge on any atom is 0.310 e. The highest BCUT2D eigenvalue weighted by molar-refractivity contribution is 5.74. The van der Waals surface area contributed by atoms with E-state index in [4.69, 9.17) is 4.74 Å². The quantitative estimate of drug-likeness (QED) is 0.539. The van der Waals surface area contributed by atoms with Crippen molar-refractivity contribution in [3.8, 4) is 0 Å². The minimum absolute atomic E-state index is 0.0240. The van der Waals surface area contributed by atoms with Gasteiger partial charge in [-0.2, -0.15) is 0 Å². The van der Waals surface area contributed by atoms with E-state index in [1.807, 2.05) is 6.92 Å². The first kappa shape index (κ1) is 11.1. The molecule has 1 fully saturated rings. The Morgan fingerprint density at radius 3 is 2.82 bits per heavy atom. The molecule has 3 aliphatic carbocycles. The van der Waals surface area contributed by atoms with E-state index in [0.29, 0.717) is 11.8 Å². The van der Waals surface area contributed by atoms with Crippen LogP contribution in [-0.2, 0) is 9.53 Å². The topological polar surface area (TPSA) is 26.3 Å². The predicted octanol–water partition coefficient (Wildman–Crippen LogP) is 3.24. The SMILES string of the molecule is CC1(OC(=O)C2CC3C=CC2C3)C=CCCC1. The summed E-state index contributed by atoms with van der Waals surface area (Å²) in [4.78, 5) is 12.2. The lowest BCUT2D eigenvalue weighted by Gasteiger charge is -2.31. The number of carbonyl (C=O) groups excluding carboxylic acids is 1. The highest BCUT2D eigenvalue weighted by Crippen LogP contribution is 2.44. The molecule has 0 saturated heterocycles. The van der Waals surface area contributed by atoms with Crippen LogP contribution in [0.4, 0.5) is 0 Å². The van der Waals surface area contributed by atoms with Crippen molar-refractivity contribution in [3.05, 3.63) is 24.3 Å². The average molecular weight is 232 g/mol. The molecular formula is C15H20O2. The number of ether oxygens (including phenoxy) is 1. The summed E-state index contributed by atoms with van der Waals surface area (Å²) in [6, 6.07) is 0. The molecule has 0 aliphatic heterocycles. The number of allylic oxidation sites excluding steroid dienone is 3. The van der Waals surface area contributed by atoms with Gasteiger partial charge in [0.05, 0.1) is 5.92 Å². The Bertz CT molecular complexity index is 382. The van der Waals surface area contributed by atoms with Gasteiger partial charge in [-0.15, -0.1) is 0 Å². The first-order chi connectivity index (χ1) is 8.16. The molecule has 0 spiro atoms. The molecule has 0 N–H and O–H groups in total. The number of carbonyl (C=O) groups is 1. The smallest absolute Gasteiger partial charge is 0.310 e. The van der Waals surface area contributed by atoms with Gasteiger partial charge in [-0.1, -0.05) is 18.2 Å². The molecule has 92 valence electrons. The van der Waals surface area contributed by atoms with Crippen molar-refractivity contribution < 1.29 is 9.53 Å². The lowest BCUT2D eigenvalue weighted by Crippen LogP contribution is -2.34. The van der Waals surface area contributed by atoms with Gasteiger partial charge in [0.25, 0.3) is 0 Å². The second kappa shape index (κ2) is 4.01. The normalized spacial score (nSPS) is 43.0. The van der Waals surface area contributed by atoms with Crippen LogP contribution in [0, 0.1) is 17.8 Å². The van der Waals surface area contributed by atoms with Crippen LogP contribution in [0.5, 0.6) is 0 Å². The maximum atomic E-state index is 12.2. The zero-order valence-electron chi connectivity index (χ0n) is 10.4. The minimum Gasteiger partial charge on any atom is -0.455 e. The third-order valence-electron chi connectivity index (χ3n) is 4.43. The second-order valence-corrected chi connectivity index (χ2v) is 5.92. The molecule has 1 saturated carbocycles. The van der Waals surface area contributed by atoms with Crippen LogP contribution in [-0.4, -0.2) is 11.6 Å². The van der Waals surface area contributed by atoms with Crippen LogP contribution in [0.25, 0.3) is 0 Å². The van der Waals surface area contributed by atoms with Gasteiger partial charge in [-0.3, -0.25) is 4.79 Å². The van der Waals surface area contributed by atoms with Crippen molar-refractivity contribution in [1.82, 2.24) is 0 Å². The van der Waals surface area contributed by atoms with Gasteiger partial charge in [-0.25, -0.2) is 0 Å². The molecule has 0 amide bonds. The molecule has 4 atom stereocenters. The molecule has 17 heavy (non-hydrogen) atoms. The van der Waals surface area contributed by atoms with Crippen LogP contribution < -0.4 is 0 Å². The third-order valence-corrected chi connectivity index (χ3v) is 4.43. The summed E-state index contributed by atoms with van der Waals surface area (Å²) >= 11 is 0. The molecule has 3 rings (SSSR count). The van der Waals surface area contributed by atoms with Gasteiger partial charge in [-0.05, 0) is 56.9 Å². The van der Waals surface area contributed by atoms with Crippen molar-refractivity contribution in [1.29, 1.82) is 0 Å². The molecule has 2 bridgehead atoms. The number of rotatable bonds is 2. The van der Waals surface area contributed by atoms with Crippen molar-refractivity contribution in [2.75, 3.05) is 0 Å². The van der Waals surface area contributed by atoms with Gasteiger partial charge in [0.1, 0.15) is 5.60 Å². The molecule has 3 aliphatic rings. The van der Waals surface area contributed by atoms with Crippen LogP contribution in [0.3, 0.4) is 0 Å². The van der Waals surface area contributed by atoms with Crippen LogP contribution in [0.1, 0.15) is 39.0 Å². The number of fused-ring (bicyclic) bond motifs is 2. The lowest BCUT2D eigenvalue weighted by atomic mass is 9.91. The summed E-state index contributed by atoms with van der Waals surface area (Å²) in [7, 11) is 0. The Kier molecular flexibility index (Phi) is 2.61. The van der Waals surface area contributed by atoms with E-state index < -0.39 is 0 Å². The van der Waals surface area contributed by atoms with Gasteiger partial charge < -0.3 is 4.74 Å². The van der Waals surface area contributed by atoms with E-state index in [1.165, 1.54) is 0 Å². The third kappa shape index (κ3) is 2.05. The van der Waals surface area contributed by atoms with Crippen molar-refractivity contribution in [3.63, 3.8) is 0 Å². The van der Waals surface area contributed by atoms with Gasteiger partial charge in [0.15, 0.2) is 0 Å².